The maximum atomic E-state index is 9.34. The fourth-order valence-electron chi connectivity index (χ4n) is 1.90. The van der Waals surface area contributed by atoms with Gasteiger partial charge in [0.05, 0.1) is 6.10 Å². The average molecular weight is 226 g/mol. The van der Waals surface area contributed by atoms with E-state index in [0.717, 1.165) is 26.1 Å². The standard InChI is InChI=1S/C11H18N2OS/c1-8-2-3-15-11(8)7-12-5-9-4-10(14)6-13-9/h2-3,9-10,12-14H,4-7H2,1H3. The van der Waals surface area contributed by atoms with Crippen molar-refractivity contribution in [2.75, 3.05) is 13.1 Å². The Morgan fingerprint density at radius 1 is 1.67 bits per heavy atom. The molecule has 3 N–H and O–H groups in total. The molecule has 0 amide bonds. The molecule has 0 saturated carbocycles. The van der Waals surface area contributed by atoms with Gasteiger partial charge in [0, 0.05) is 30.6 Å². The molecule has 0 bridgehead atoms. The molecule has 0 aromatic carbocycles. The molecule has 1 saturated heterocycles. The fraction of sp³-hybridized carbons (Fsp3) is 0.636. The molecule has 1 aliphatic heterocycles. The Morgan fingerprint density at radius 2 is 2.53 bits per heavy atom. The number of nitrogens with one attached hydrogen (secondary N) is 2. The van der Waals surface area contributed by atoms with Crippen molar-refractivity contribution in [2.45, 2.75) is 32.0 Å². The largest absolute Gasteiger partial charge is 0.392 e. The molecule has 1 aromatic heterocycles. The summed E-state index contributed by atoms with van der Waals surface area (Å²) in [5, 5.41) is 18.2. The van der Waals surface area contributed by atoms with E-state index in [4.69, 9.17) is 0 Å². The number of hydrogen-bond donors (Lipinski definition) is 3. The molecule has 4 heteroatoms. The highest BCUT2D eigenvalue weighted by Crippen LogP contribution is 2.15. The predicted molar refractivity (Wildman–Crippen MR) is 63.2 cm³/mol. The van der Waals surface area contributed by atoms with Crippen LogP contribution in [0, 0.1) is 6.92 Å². The number of aryl methyl sites for hydroxylation is 1. The predicted octanol–water partition coefficient (Wildman–Crippen LogP) is 0.869. The Bertz CT molecular complexity index is 313. The summed E-state index contributed by atoms with van der Waals surface area (Å²) in [6.45, 7) is 4.77. The third kappa shape index (κ3) is 3.01. The zero-order chi connectivity index (χ0) is 10.7. The highest BCUT2D eigenvalue weighted by atomic mass is 32.1. The molecule has 15 heavy (non-hydrogen) atoms. The molecule has 0 spiro atoms. The van der Waals surface area contributed by atoms with Crippen molar-refractivity contribution in [1.82, 2.24) is 10.6 Å². The van der Waals surface area contributed by atoms with Gasteiger partial charge in [-0.05, 0) is 30.4 Å². The lowest BCUT2D eigenvalue weighted by molar-refractivity contribution is 0.193. The lowest BCUT2D eigenvalue weighted by Gasteiger charge is -2.10. The molecular formula is C11H18N2OS. The van der Waals surface area contributed by atoms with Crippen molar-refractivity contribution in [3.63, 3.8) is 0 Å². The Hall–Kier alpha value is -0.420. The van der Waals surface area contributed by atoms with Crippen molar-refractivity contribution in [1.29, 1.82) is 0 Å². The molecule has 3 nitrogen and oxygen atoms in total. The van der Waals surface area contributed by atoms with Gasteiger partial charge in [-0.2, -0.15) is 0 Å². The lowest BCUT2D eigenvalue weighted by Crippen LogP contribution is -2.33. The summed E-state index contributed by atoms with van der Waals surface area (Å²) in [6.07, 6.45) is 0.719. The molecule has 0 aliphatic carbocycles. The smallest absolute Gasteiger partial charge is 0.0680 e. The normalized spacial score (nSPS) is 26.0. The van der Waals surface area contributed by atoms with Crippen LogP contribution < -0.4 is 10.6 Å². The average Bonchev–Trinajstić information content (AvgIpc) is 2.77. The molecule has 2 rings (SSSR count). The Kier molecular flexibility index (Phi) is 3.75. The van der Waals surface area contributed by atoms with Gasteiger partial charge in [0.15, 0.2) is 0 Å². The van der Waals surface area contributed by atoms with E-state index in [1.165, 1.54) is 10.4 Å². The summed E-state index contributed by atoms with van der Waals surface area (Å²) in [6, 6.07) is 2.58. The SMILES string of the molecule is Cc1ccsc1CNCC1CC(O)CN1. The van der Waals surface area contributed by atoms with E-state index in [1.807, 2.05) is 0 Å². The van der Waals surface area contributed by atoms with Gasteiger partial charge in [-0.15, -0.1) is 11.3 Å². The monoisotopic (exact) mass is 226 g/mol. The number of β-amino-alcohol motifs (C(OH)–C–C–N with tert-alkyl or cyclic N) is 1. The minimum absolute atomic E-state index is 0.153. The van der Waals surface area contributed by atoms with Crippen molar-refractivity contribution >= 4 is 11.3 Å². The minimum atomic E-state index is -0.153. The third-order valence-electron chi connectivity index (χ3n) is 2.84. The number of aliphatic hydroxyl groups excluding tert-OH is 1. The lowest BCUT2D eigenvalue weighted by atomic mass is 10.2. The molecule has 1 aliphatic rings. The molecule has 0 radical (unpaired) electrons. The van der Waals surface area contributed by atoms with Crippen molar-refractivity contribution in [3.8, 4) is 0 Å². The summed E-state index contributed by atoms with van der Waals surface area (Å²) in [7, 11) is 0. The maximum Gasteiger partial charge on any atom is 0.0680 e. The zero-order valence-corrected chi connectivity index (χ0v) is 9.81. The van der Waals surface area contributed by atoms with E-state index in [0.29, 0.717) is 6.04 Å². The Morgan fingerprint density at radius 3 is 3.13 bits per heavy atom. The molecule has 2 heterocycles. The van der Waals surface area contributed by atoms with Gasteiger partial charge < -0.3 is 15.7 Å². The second-order valence-electron chi connectivity index (χ2n) is 4.15. The summed E-state index contributed by atoms with van der Waals surface area (Å²) < 4.78 is 0. The van der Waals surface area contributed by atoms with Crippen LogP contribution in [0.3, 0.4) is 0 Å². The van der Waals surface area contributed by atoms with Gasteiger partial charge in [-0.3, -0.25) is 0 Å². The first-order chi connectivity index (χ1) is 7.25. The van der Waals surface area contributed by atoms with Crippen LogP contribution in [0.2, 0.25) is 0 Å². The summed E-state index contributed by atoms with van der Waals surface area (Å²) >= 11 is 1.80. The molecule has 1 aromatic rings. The second-order valence-corrected chi connectivity index (χ2v) is 5.15. The van der Waals surface area contributed by atoms with Crippen LogP contribution in [0.4, 0.5) is 0 Å². The topological polar surface area (TPSA) is 44.3 Å². The first kappa shape index (κ1) is 11.1. The van der Waals surface area contributed by atoms with Crippen molar-refractivity contribution in [2.24, 2.45) is 0 Å². The second kappa shape index (κ2) is 5.07. The third-order valence-corrected chi connectivity index (χ3v) is 3.87. The van der Waals surface area contributed by atoms with Crippen LogP contribution in [0.5, 0.6) is 0 Å². The van der Waals surface area contributed by atoms with Crippen LogP contribution in [0.25, 0.3) is 0 Å². The fourth-order valence-corrected chi connectivity index (χ4v) is 2.77. The summed E-state index contributed by atoms with van der Waals surface area (Å²) in [5.74, 6) is 0. The molecule has 2 unspecified atom stereocenters. The van der Waals surface area contributed by atoms with Gasteiger partial charge in [0.2, 0.25) is 0 Å². The van der Waals surface area contributed by atoms with E-state index in [1.54, 1.807) is 11.3 Å². The van der Waals surface area contributed by atoms with Gasteiger partial charge in [-0.25, -0.2) is 0 Å². The van der Waals surface area contributed by atoms with Crippen molar-refractivity contribution in [3.05, 3.63) is 21.9 Å². The van der Waals surface area contributed by atoms with E-state index < -0.39 is 0 Å². The summed E-state index contributed by atoms with van der Waals surface area (Å²) in [5.41, 5.74) is 1.37. The molecule has 84 valence electrons. The van der Waals surface area contributed by atoms with E-state index in [2.05, 4.69) is 29.0 Å². The molecular weight excluding hydrogens is 208 g/mol. The summed E-state index contributed by atoms with van der Waals surface area (Å²) in [4.78, 5) is 1.41. The van der Waals surface area contributed by atoms with Gasteiger partial charge in [0.25, 0.3) is 0 Å². The van der Waals surface area contributed by atoms with Crippen LogP contribution in [0.1, 0.15) is 16.9 Å². The number of aliphatic hydroxyl groups is 1. The molecule has 1 fully saturated rings. The number of hydrogen-bond acceptors (Lipinski definition) is 4. The van der Waals surface area contributed by atoms with Crippen molar-refractivity contribution < 1.29 is 5.11 Å². The van der Waals surface area contributed by atoms with Gasteiger partial charge in [-0.1, -0.05) is 0 Å². The van der Waals surface area contributed by atoms with Crippen LogP contribution in [-0.2, 0) is 6.54 Å². The zero-order valence-electron chi connectivity index (χ0n) is 8.99. The van der Waals surface area contributed by atoms with Crippen LogP contribution in [-0.4, -0.2) is 30.3 Å². The molecule has 2 atom stereocenters. The van der Waals surface area contributed by atoms with Crippen LogP contribution in [0.15, 0.2) is 11.4 Å². The van der Waals surface area contributed by atoms with E-state index in [9.17, 15) is 5.11 Å². The minimum Gasteiger partial charge on any atom is -0.392 e. The van der Waals surface area contributed by atoms with E-state index in [-0.39, 0.29) is 6.10 Å². The highest BCUT2D eigenvalue weighted by molar-refractivity contribution is 7.10. The quantitative estimate of drug-likeness (QED) is 0.714. The van der Waals surface area contributed by atoms with Crippen LogP contribution >= 0.6 is 11.3 Å². The number of rotatable bonds is 4. The highest BCUT2D eigenvalue weighted by Gasteiger charge is 2.21. The Labute approximate surface area is 94.5 Å². The first-order valence-corrected chi connectivity index (χ1v) is 6.29. The Balaban J connectivity index is 1.69. The maximum absolute atomic E-state index is 9.34. The van der Waals surface area contributed by atoms with Gasteiger partial charge in [0.1, 0.15) is 0 Å². The van der Waals surface area contributed by atoms with Gasteiger partial charge >= 0.3 is 0 Å². The first-order valence-electron chi connectivity index (χ1n) is 5.41. The van der Waals surface area contributed by atoms with E-state index >= 15 is 0 Å². The number of thiophene rings is 1.